The molecule has 10 heteroatoms. The summed E-state index contributed by atoms with van der Waals surface area (Å²) in [7, 11) is -1.25. The van der Waals surface area contributed by atoms with Crippen molar-refractivity contribution < 1.29 is 24.2 Å². The molecule has 0 bridgehead atoms. The van der Waals surface area contributed by atoms with Gasteiger partial charge in [-0.1, -0.05) is 12.0 Å². The van der Waals surface area contributed by atoms with E-state index in [4.69, 9.17) is 9.42 Å². The second kappa shape index (κ2) is 7.51. The van der Waals surface area contributed by atoms with Crippen molar-refractivity contribution in [3.63, 3.8) is 0 Å². The van der Waals surface area contributed by atoms with Crippen molar-refractivity contribution in [2.75, 3.05) is 0 Å². The molecule has 0 spiro atoms. The molecule has 3 N–H and O–H groups in total. The topological polar surface area (TPSA) is 123 Å². The SMILES string of the molecule is CCc1cc(-c2nnc(O)n2-c2ccc3c(c2)c(C)cn3C)c(O)cc1O[PH](=O)O. The molecule has 0 radical (unpaired) electrons. The largest absolute Gasteiger partial charge is 0.507 e. The zero-order chi connectivity index (χ0) is 21.6. The van der Waals surface area contributed by atoms with Crippen LogP contribution in [0.25, 0.3) is 28.0 Å². The summed E-state index contributed by atoms with van der Waals surface area (Å²) in [6.07, 6.45) is 2.51. The number of phenols is 1. The lowest BCUT2D eigenvalue weighted by Gasteiger charge is -2.13. The number of aromatic nitrogens is 4. The molecule has 0 saturated carbocycles. The van der Waals surface area contributed by atoms with E-state index in [0.29, 0.717) is 23.2 Å². The summed E-state index contributed by atoms with van der Waals surface area (Å²) in [6.45, 7) is 3.86. The maximum Gasteiger partial charge on any atom is 0.365 e. The van der Waals surface area contributed by atoms with Gasteiger partial charge in [-0.25, -0.2) is 9.13 Å². The molecule has 30 heavy (non-hydrogen) atoms. The minimum Gasteiger partial charge on any atom is -0.507 e. The van der Waals surface area contributed by atoms with Gasteiger partial charge in [-0.3, -0.25) is 0 Å². The normalized spacial score (nSPS) is 12.4. The summed E-state index contributed by atoms with van der Waals surface area (Å²) >= 11 is 0. The zero-order valence-electron chi connectivity index (χ0n) is 16.6. The molecule has 1 unspecified atom stereocenters. The van der Waals surface area contributed by atoms with E-state index in [9.17, 15) is 14.8 Å². The smallest absolute Gasteiger partial charge is 0.365 e. The number of hydrogen-bond acceptors (Lipinski definition) is 6. The lowest BCUT2D eigenvalue weighted by atomic mass is 10.1. The van der Waals surface area contributed by atoms with Crippen LogP contribution in [0.2, 0.25) is 0 Å². The van der Waals surface area contributed by atoms with Crippen molar-refractivity contribution in [3.05, 3.63) is 47.7 Å². The van der Waals surface area contributed by atoms with Gasteiger partial charge >= 0.3 is 14.3 Å². The van der Waals surface area contributed by atoms with Crippen LogP contribution >= 0.6 is 8.25 Å². The molecule has 9 nitrogen and oxygen atoms in total. The van der Waals surface area contributed by atoms with E-state index < -0.39 is 8.25 Å². The van der Waals surface area contributed by atoms with Crippen LogP contribution in [0.3, 0.4) is 0 Å². The molecule has 4 aromatic rings. The second-order valence-corrected chi connectivity index (χ2v) is 7.72. The minimum absolute atomic E-state index is 0.127. The molecular weight excluding hydrogens is 407 g/mol. The van der Waals surface area contributed by atoms with Crippen LogP contribution in [0.4, 0.5) is 0 Å². The molecule has 0 aliphatic carbocycles. The van der Waals surface area contributed by atoms with Crippen LogP contribution in [-0.4, -0.2) is 34.4 Å². The third-order valence-electron chi connectivity index (χ3n) is 5.07. The van der Waals surface area contributed by atoms with Crippen LogP contribution in [-0.2, 0) is 18.0 Å². The fourth-order valence-electron chi connectivity index (χ4n) is 3.66. The van der Waals surface area contributed by atoms with Crippen LogP contribution < -0.4 is 4.52 Å². The third-order valence-corrected chi connectivity index (χ3v) is 5.47. The van der Waals surface area contributed by atoms with Crippen LogP contribution in [0.1, 0.15) is 18.1 Å². The number of fused-ring (bicyclic) bond motifs is 1. The first kappa shape index (κ1) is 20.0. The van der Waals surface area contributed by atoms with Gasteiger partial charge in [0, 0.05) is 30.2 Å². The summed E-state index contributed by atoms with van der Waals surface area (Å²) < 4.78 is 19.5. The van der Waals surface area contributed by atoms with Gasteiger partial charge in [0.1, 0.15) is 11.5 Å². The monoisotopic (exact) mass is 428 g/mol. The highest BCUT2D eigenvalue weighted by Crippen LogP contribution is 2.39. The predicted octanol–water partition coefficient (Wildman–Crippen LogP) is 3.47. The Labute approximate surface area is 172 Å². The maximum atomic E-state index is 11.1. The van der Waals surface area contributed by atoms with E-state index in [1.54, 1.807) is 6.07 Å². The quantitative estimate of drug-likeness (QED) is 0.416. The molecule has 0 amide bonds. The number of aromatic hydroxyl groups is 2. The minimum atomic E-state index is -3.22. The Morgan fingerprint density at radius 1 is 1.17 bits per heavy atom. The average Bonchev–Trinajstić information content (AvgIpc) is 3.21. The van der Waals surface area contributed by atoms with Crippen molar-refractivity contribution in [2.24, 2.45) is 7.05 Å². The highest BCUT2D eigenvalue weighted by Gasteiger charge is 2.21. The van der Waals surface area contributed by atoms with E-state index in [1.165, 1.54) is 10.6 Å². The summed E-state index contributed by atoms with van der Waals surface area (Å²) in [6, 6.07) is 8.26. The van der Waals surface area contributed by atoms with E-state index in [1.807, 2.05) is 49.9 Å². The molecule has 0 aliphatic heterocycles. The van der Waals surface area contributed by atoms with E-state index in [-0.39, 0.29) is 23.3 Å². The standard InChI is InChI=1S/C20H21N4O5P/c1-4-12-7-15(17(25)9-18(12)29-30(27)28)19-21-22-20(26)24(19)13-5-6-16-14(8-13)11(2)10-23(16)3/h5-10,25,30H,4H2,1-3H3,(H,22,26)(H,27,28). The molecule has 4 rings (SSSR count). The van der Waals surface area contributed by atoms with Crippen molar-refractivity contribution in [3.8, 4) is 34.6 Å². The van der Waals surface area contributed by atoms with Crippen LogP contribution in [0, 0.1) is 6.92 Å². The van der Waals surface area contributed by atoms with Gasteiger partial charge < -0.3 is 24.2 Å². The molecule has 0 aliphatic rings. The fourth-order valence-corrected chi connectivity index (χ4v) is 4.04. The molecule has 1 atom stereocenters. The first-order chi connectivity index (χ1) is 14.3. The fraction of sp³-hybridized carbons (Fsp3) is 0.200. The number of phenolic OH excluding ortho intramolecular Hbond substituents is 1. The first-order valence-electron chi connectivity index (χ1n) is 9.27. The Hall–Kier alpha value is -3.29. The average molecular weight is 428 g/mol. The number of aryl methyl sites for hydroxylation is 3. The van der Waals surface area contributed by atoms with Gasteiger partial charge in [0.25, 0.3) is 0 Å². The maximum absolute atomic E-state index is 11.1. The van der Waals surface area contributed by atoms with Gasteiger partial charge in [-0.05, 0) is 48.7 Å². The first-order valence-corrected chi connectivity index (χ1v) is 10.5. The van der Waals surface area contributed by atoms with Crippen molar-refractivity contribution in [1.29, 1.82) is 0 Å². The summed E-state index contributed by atoms with van der Waals surface area (Å²) in [4.78, 5) is 9.09. The molecular formula is C20H21N4O5P. The molecule has 2 aromatic heterocycles. The number of nitrogens with zero attached hydrogens (tertiary/aromatic N) is 4. The lowest BCUT2D eigenvalue weighted by molar-refractivity contribution is 0.406. The van der Waals surface area contributed by atoms with Crippen molar-refractivity contribution in [1.82, 2.24) is 19.3 Å². The highest BCUT2D eigenvalue weighted by molar-refractivity contribution is 7.32. The van der Waals surface area contributed by atoms with Crippen molar-refractivity contribution >= 4 is 19.2 Å². The molecule has 2 heterocycles. The van der Waals surface area contributed by atoms with E-state index in [0.717, 1.165) is 16.5 Å². The molecule has 0 saturated heterocycles. The number of benzene rings is 2. The highest BCUT2D eigenvalue weighted by atomic mass is 31.1. The Morgan fingerprint density at radius 2 is 1.93 bits per heavy atom. The molecule has 156 valence electrons. The number of hydrogen-bond donors (Lipinski definition) is 3. The zero-order valence-corrected chi connectivity index (χ0v) is 17.6. The summed E-state index contributed by atoms with van der Waals surface area (Å²) in [5, 5.41) is 29.8. The van der Waals surface area contributed by atoms with Gasteiger partial charge in [0.05, 0.1) is 11.3 Å². The second-order valence-electron chi connectivity index (χ2n) is 6.98. The van der Waals surface area contributed by atoms with Gasteiger partial charge in [0.15, 0.2) is 5.82 Å². The summed E-state index contributed by atoms with van der Waals surface area (Å²) in [5.74, 6) is 0.147. The Kier molecular flexibility index (Phi) is 5.01. The Morgan fingerprint density at radius 3 is 2.63 bits per heavy atom. The van der Waals surface area contributed by atoms with Gasteiger partial charge in [-0.15, -0.1) is 5.10 Å². The number of rotatable bonds is 5. The van der Waals surface area contributed by atoms with Crippen LogP contribution in [0.5, 0.6) is 17.5 Å². The third kappa shape index (κ3) is 3.32. The van der Waals surface area contributed by atoms with Crippen molar-refractivity contribution in [2.45, 2.75) is 20.3 Å². The Balaban J connectivity index is 1.89. The summed E-state index contributed by atoms with van der Waals surface area (Å²) in [5.41, 5.74) is 3.68. The van der Waals surface area contributed by atoms with Gasteiger partial charge in [0.2, 0.25) is 0 Å². The van der Waals surface area contributed by atoms with E-state index in [2.05, 4.69) is 10.2 Å². The Bertz CT molecular complexity index is 1290. The molecule has 0 fully saturated rings. The van der Waals surface area contributed by atoms with E-state index >= 15 is 0 Å². The molecule has 2 aromatic carbocycles. The van der Waals surface area contributed by atoms with Crippen LogP contribution in [0.15, 0.2) is 36.5 Å². The lowest BCUT2D eigenvalue weighted by Crippen LogP contribution is -1.99. The predicted molar refractivity (Wildman–Crippen MR) is 113 cm³/mol. The van der Waals surface area contributed by atoms with Gasteiger partial charge in [-0.2, -0.15) is 0 Å².